The first kappa shape index (κ1) is 14.1. The first-order valence-corrected chi connectivity index (χ1v) is 5.65. The molecular formula is C12H8N4O5. The highest BCUT2D eigenvalue weighted by molar-refractivity contribution is 5.46. The van der Waals surface area contributed by atoms with Crippen molar-refractivity contribution in [2.24, 2.45) is 5.11 Å². The molecule has 0 heterocycles. The highest BCUT2D eigenvalue weighted by Gasteiger charge is 2.13. The Morgan fingerprint density at radius 3 is 1.90 bits per heavy atom. The van der Waals surface area contributed by atoms with Crippen molar-refractivity contribution in [1.29, 1.82) is 0 Å². The lowest BCUT2D eigenvalue weighted by Gasteiger charge is -1.99. The first-order valence-electron chi connectivity index (χ1n) is 5.65. The van der Waals surface area contributed by atoms with Gasteiger partial charge in [0, 0.05) is 29.4 Å². The third kappa shape index (κ3) is 3.35. The number of hydrogen-bond donors (Lipinski definition) is 0. The number of rotatable bonds is 4. The van der Waals surface area contributed by atoms with Crippen molar-refractivity contribution in [2.45, 2.75) is 0 Å². The molecule has 0 saturated carbocycles. The number of non-ortho nitro benzene ring substituents is 2. The van der Waals surface area contributed by atoms with E-state index in [-0.39, 0.29) is 27.6 Å². The molecule has 0 atom stereocenters. The Labute approximate surface area is 117 Å². The number of nitrogens with zero attached hydrogens (tertiary/aromatic N) is 4. The fourth-order valence-corrected chi connectivity index (χ4v) is 1.56. The Kier molecular flexibility index (Phi) is 3.84. The Balaban J connectivity index is 2.37. The molecule has 0 N–H and O–H groups in total. The summed E-state index contributed by atoms with van der Waals surface area (Å²) in [7, 11) is 0. The highest BCUT2D eigenvalue weighted by atomic mass is 16.6. The molecule has 2 aromatic rings. The molecule has 9 nitrogen and oxygen atoms in total. The fourth-order valence-electron chi connectivity index (χ4n) is 1.56. The molecule has 0 fully saturated rings. The van der Waals surface area contributed by atoms with Crippen LogP contribution in [0.4, 0.5) is 22.7 Å². The van der Waals surface area contributed by atoms with Crippen LogP contribution in [0.2, 0.25) is 0 Å². The van der Waals surface area contributed by atoms with Gasteiger partial charge in [-0.05, 0) is 17.0 Å². The van der Waals surface area contributed by atoms with Gasteiger partial charge in [0.05, 0.1) is 15.9 Å². The summed E-state index contributed by atoms with van der Waals surface area (Å²) in [6, 6.07) is 10.2. The van der Waals surface area contributed by atoms with E-state index in [0.29, 0.717) is 0 Å². The van der Waals surface area contributed by atoms with Gasteiger partial charge in [-0.2, -0.15) is 0 Å². The molecule has 0 bridgehead atoms. The average Bonchev–Trinajstić information content (AvgIpc) is 2.47. The van der Waals surface area contributed by atoms with E-state index in [1.807, 2.05) is 0 Å². The van der Waals surface area contributed by atoms with Gasteiger partial charge in [0.1, 0.15) is 5.69 Å². The maximum atomic E-state index is 11.8. The Bertz CT molecular complexity index is 744. The van der Waals surface area contributed by atoms with Gasteiger partial charge >= 0.3 is 0 Å². The molecule has 0 aliphatic heterocycles. The van der Waals surface area contributed by atoms with Crippen molar-refractivity contribution in [3.8, 4) is 0 Å². The molecule has 0 amide bonds. The van der Waals surface area contributed by atoms with Crippen LogP contribution in [-0.4, -0.2) is 14.7 Å². The Morgan fingerprint density at radius 2 is 1.29 bits per heavy atom. The van der Waals surface area contributed by atoms with Gasteiger partial charge in [0.15, 0.2) is 0 Å². The van der Waals surface area contributed by atoms with E-state index < -0.39 is 9.85 Å². The van der Waals surface area contributed by atoms with Crippen LogP contribution >= 0.6 is 0 Å². The van der Waals surface area contributed by atoms with Crippen molar-refractivity contribution in [2.75, 3.05) is 0 Å². The van der Waals surface area contributed by atoms with Crippen LogP contribution in [0, 0.1) is 25.4 Å². The van der Waals surface area contributed by atoms with Gasteiger partial charge < -0.3 is 5.21 Å². The summed E-state index contributed by atoms with van der Waals surface area (Å²) in [6.45, 7) is 0. The predicted octanol–water partition coefficient (Wildman–Crippen LogP) is 3.43. The van der Waals surface area contributed by atoms with Crippen LogP contribution in [0.25, 0.3) is 0 Å². The van der Waals surface area contributed by atoms with Crippen LogP contribution < -0.4 is 0 Å². The van der Waals surface area contributed by atoms with Gasteiger partial charge in [-0.1, -0.05) is 6.07 Å². The second-order valence-electron chi connectivity index (χ2n) is 3.93. The minimum atomic E-state index is -0.634. The quantitative estimate of drug-likeness (QED) is 0.368. The summed E-state index contributed by atoms with van der Waals surface area (Å²) >= 11 is 0. The van der Waals surface area contributed by atoms with Crippen molar-refractivity contribution in [3.63, 3.8) is 0 Å². The fraction of sp³-hybridized carbons (Fsp3) is 0. The summed E-state index contributed by atoms with van der Waals surface area (Å²) in [6.07, 6.45) is 0. The molecule has 0 aromatic heterocycles. The topological polar surface area (TPSA) is 125 Å². The highest BCUT2D eigenvalue weighted by Crippen LogP contribution is 2.24. The molecule has 9 heteroatoms. The van der Waals surface area contributed by atoms with E-state index in [1.165, 1.54) is 36.4 Å². The molecular weight excluding hydrogens is 280 g/mol. The molecule has 2 rings (SSSR count). The van der Waals surface area contributed by atoms with Crippen LogP contribution in [0.3, 0.4) is 0 Å². The third-order valence-corrected chi connectivity index (χ3v) is 2.51. The minimum absolute atomic E-state index is 0.0456. The van der Waals surface area contributed by atoms with Gasteiger partial charge in [0.2, 0.25) is 0 Å². The van der Waals surface area contributed by atoms with E-state index in [2.05, 4.69) is 5.11 Å². The van der Waals surface area contributed by atoms with E-state index in [4.69, 9.17) is 0 Å². The SMILES string of the molecule is O=[N+]([O-])c1cccc(N=[N+]([O-])c2cccc([N+](=O)[O-])c2)c1. The molecule has 0 aliphatic carbocycles. The van der Waals surface area contributed by atoms with Crippen molar-refractivity contribution < 1.29 is 14.7 Å². The predicted molar refractivity (Wildman–Crippen MR) is 71.6 cm³/mol. The summed E-state index contributed by atoms with van der Waals surface area (Å²) < 4.78 is 0. The molecule has 0 spiro atoms. The standard InChI is InChI=1S/C12H8N4O5/c17-14(10-4-2-6-12(8-10)16(20)21)13-9-3-1-5-11(7-9)15(18)19/h1-8H. The smallest absolute Gasteiger partial charge is 0.276 e. The van der Waals surface area contributed by atoms with Crippen LogP contribution in [0.5, 0.6) is 0 Å². The number of hydrogen-bond acceptors (Lipinski definition) is 6. The zero-order chi connectivity index (χ0) is 15.4. The molecule has 106 valence electrons. The Hall–Kier alpha value is -3.36. The second kappa shape index (κ2) is 5.74. The summed E-state index contributed by atoms with van der Waals surface area (Å²) in [5.41, 5.74) is -0.423. The second-order valence-corrected chi connectivity index (χ2v) is 3.93. The number of nitro groups is 2. The van der Waals surface area contributed by atoms with Gasteiger partial charge in [-0.3, -0.25) is 20.2 Å². The zero-order valence-corrected chi connectivity index (χ0v) is 10.4. The zero-order valence-electron chi connectivity index (χ0n) is 10.4. The van der Waals surface area contributed by atoms with E-state index in [0.717, 1.165) is 12.1 Å². The monoisotopic (exact) mass is 288 g/mol. The Morgan fingerprint density at radius 1 is 0.762 bits per heavy atom. The van der Waals surface area contributed by atoms with Crippen molar-refractivity contribution >= 4 is 22.7 Å². The lowest BCUT2D eigenvalue weighted by Crippen LogP contribution is -1.93. The lowest BCUT2D eigenvalue weighted by atomic mass is 10.3. The summed E-state index contributed by atoms with van der Waals surface area (Å²) in [4.78, 5) is 20.2. The normalized spacial score (nSPS) is 11.1. The third-order valence-electron chi connectivity index (χ3n) is 2.51. The lowest BCUT2D eigenvalue weighted by molar-refractivity contribution is -0.437. The van der Waals surface area contributed by atoms with Crippen LogP contribution in [0.1, 0.15) is 0 Å². The number of nitro benzene ring substituents is 2. The molecule has 0 unspecified atom stereocenters. The van der Waals surface area contributed by atoms with Gasteiger partial charge in [-0.25, -0.2) is 0 Å². The van der Waals surface area contributed by atoms with Crippen molar-refractivity contribution in [3.05, 3.63) is 74.0 Å². The van der Waals surface area contributed by atoms with E-state index >= 15 is 0 Å². The molecule has 0 saturated heterocycles. The molecule has 0 radical (unpaired) electrons. The molecule has 2 aromatic carbocycles. The summed E-state index contributed by atoms with van der Waals surface area (Å²) in [5, 5.41) is 36.7. The number of azo groups is 1. The molecule has 21 heavy (non-hydrogen) atoms. The van der Waals surface area contributed by atoms with Crippen LogP contribution in [-0.2, 0) is 0 Å². The van der Waals surface area contributed by atoms with Gasteiger partial charge in [-0.15, -0.1) is 0 Å². The van der Waals surface area contributed by atoms with E-state index in [9.17, 15) is 25.4 Å². The number of benzene rings is 2. The molecule has 0 aliphatic rings. The van der Waals surface area contributed by atoms with E-state index in [1.54, 1.807) is 0 Å². The van der Waals surface area contributed by atoms with Crippen LogP contribution in [0.15, 0.2) is 53.6 Å². The van der Waals surface area contributed by atoms with Crippen molar-refractivity contribution in [1.82, 2.24) is 0 Å². The maximum absolute atomic E-state index is 11.8. The first-order chi connectivity index (χ1) is 9.97. The maximum Gasteiger partial charge on any atom is 0.276 e. The minimum Gasteiger partial charge on any atom is -0.594 e. The summed E-state index contributed by atoms with van der Waals surface area (Å²) in [5.74, 6) is 0. The van der Waals surface area contributed by atoms with Gasteiger partial charge in [0.25, 0.3) is 17.1 Å². The largest absolute Gasteiger partial charge is 0.594 e. The average molecular weight is 288 g/mol.